The zero-order chi connectivity index (χ0) is 16.8. The first-order chi connectivity index (χ1) is 11.4. The fourth-order valence-corrected chi connectivity index (χ4v) is 3.54. The SMILES string of the molecule is CCCCCCCCCCCCCCOCCCSCCCO. The van der Waals surface area contributed by atoms with Crippen molar-refractivity contribution < 1.29 is 9.84 Å². The van der Waals surface area contributed by atoms with Gasteiger partial charge in [0.05, 0.1) is 0 Å². The maximum atomic E-state index is 8.67. The van der Waals surface area contributed by atoms with Crippen molar-refractivity contribution in [1.29, 1.82) is 0 Å². The fraction of sp³-hybridized carbons (Fsp3) is 1.00. The Balaban J connectivity index is 2.92. The van der Waals surface area contributed by atoms with Crippen LogP contribution in [0.15, 0.2) is 0 Å². The summed E-state index contributed by atoms with van der Waals surface area (Å²) in [7, 11) is 0. The van der Waals surface area contributed by atoms with Crippen molar-refractivity contribution in [3.8, 4) is 0 Å². The van der Waals surface area contributed by atoms with Crippen molar-refractivity contribution >= 4 is 11.8 Å². The molecule has 0 saturated carbocycles. The number of aliphatic hydroxyl groups is 1. The van der Waals surface area contributed by atoms with Gasteiger partial charge in [-0.2, -0.15) is 11.8 Å². The van der Waals surface area contributed by atoms with Crippen molar-refractivity contribution in [3.05, 3.63) is 0 Å². The molecule has 0 aliphatic rings. The van der Waals surface area contributed by atoms with Gasteiger partial charge in [-0.15, -0.1) is 0 Å². The van der Waals surface area contributed by atoms with Gasteiger partial charge in [0.1, 0.15) is 0 Å². The summed E-state index contributed by atoms with van der Waals surface area (Å²) >= 11 is 1.92. The van der Waals surface area contributed by atoms with Crippen LogP contribution in [0.5, 0.6) is 0 Å². The molecule has 0 aromatic carbocycles. The van der Waals surface area contributed by atoms with Gasteiger partial charge in [0.2, 0.25) is 0 Å². The van der Waals surface area contributed by atoms with E-state index in [4.69, 9.17) is 9.84 Å². The highest BCUT2D eigenvalue weighted by Gasteiger charge is 1.94. The highest BCUT2D eigenvalue weighted by atomic mass is 32.2. The van der Waals surface area contributed by atoms with Crippen molar-refractivity contribution in [2.45, 2.75) is 96.8 Å². The number of ether oxygens (including phenoxy) is 1. The number of unbranched alkanes of at least 4 members (excludes halogenated alkanes) is 11. The Morgan fingerprint density at radius 2 is 1.09 bits per heavy atom. The van der Waals surface area contributed by atoms with Crippen LogP contribution in [0.2, 0.25) is 0 Å². The van der Waals surface area contributed by atoms with Crippen LogP contribution in [0.4, 0.5) is 0 Å². The lowest BCUT2D eigenvalue weighted by atomic mass is 10.1. The summed E-state index contributed by atoms with van der Waals surface area (Å²) in [6.07, 6.45) is 18.9. The van der Waals surface area contributed by atoms with Crippen LogP contribution in [0.25, 0.3) is 0 Å². The van der Waals surface area contributed by atoms with Crippen LogP contribution in [0.1, 0.15) is 96.8 Å². The molecule has 140 valence electrons. The Morgan fingerprint density at radius 3 is 1.65 bits per heavy atom. The van der Waals surface area contributed by atoms with Crippen molar-refractivity contribution in [3.63, 3.8) is 0 Å². The van der Waals surface area contributed by atoms with E-state index in [1.165, 1.54) is 82.8 Å². The Labute approximate surface area is 150 Å². The lowest BCUT2D eigenvalue weighted by molar-refractivity contribution is 0.131. The smallest absolute Gasteiger partial charge is 0.0473 e. The quantitative estimate of drug-likeness (QED) is 0.266. The highest BCUT2D eigenvalue weighted by Crippen LogP contribution is 2.12. The first kappa shape index (κ1) is 23.3. The van der Waals surface area contributed by atoms with Crippen molar-refractivity contribution in [1.82, 2.24) is 0 Å². The van der Waals surface area contributed by atoms with Gasteiger partial charge in [-0.3, -0.25) is 0 Å². The second-order valence-corrected chi connectivity index (χ2v) is 7.77. The van der Waals surface area contributed by atoms with Crippen LogP contribution < -0.4 is 0 Å². The van der Waals surface area contributed by atoms with Gasteiger partial charge in [-0.1, -0.05) is 77.6 Å². The first-order valence-electron chi connectivity index (χ1n) is 10.2. The topological polar surface area (TPSA) is 29.5 Å². The molecule has 0 saturated heterocycles. The summed E-state index contributed by atoms with van der Waals surface area (Å²) in [4.78, 5) is 0. The van der Waals surface area contributed by atoms with Gasteiger partial charge in [0.15, 0.2) is 0 Å². The molecular weight excluding hydrogens is 304 g/mol. The molecule has 0 aromatic heterocycles. The van der Waals surface area contributed by atoms with Gasteiger partial charge >= 0.3 is 0 Å². The fourth-order valence-electron chi connectivity index (χ4n) is 2.68. The standard InChI is InChI=1S/C20H42O2S/c1-2-3-4-5-6-7-8-9-10-11-12-13-17-22-18-15-20-23-19-14-16-21/h21H,2-20H2,1H3. The molecule has 0 heterocycles. The summed E-state index contributed by atoms with van der Waals surface area (Å²) in [6, 6.07) is 0. The lowest BCUT2D eigenvalue weighted by Gasteiger charge is -2.05. The summed E-state index contributed by atoms with van der Waals surface area (Å²) in [5.74, 6) is 2.24. The van der Waals surface area contributed by atoms with Crippen LogP contribution in [0.3, 0.4) is 0 Å². The summed E-state index contributed by atoms with van der Waals surface area (Å²) in [6.45, 7) is 4.45. The lowest BCUT2D eigenvalue weighted by Crippen LogP contribution is -1.99. The number of aliphatic hydroxyl groups excluding tert-OH is 1. The monoisotopic (exact) mass is 346 g/mol. The Kier molecular flexibility index (Phi) is 22.5. The molecular formula is C20H42O2S. The van der Waals surface area contributed by atoms with E-state index in [1.807, 2.05) is 11.8 Å². The van der Waals surface area contributed by atoms with E-state index in [0.29, 0.717) is 6.61 Å². The molecule has 0 aliphatic carbocycles. The summed E-state index contributed by atoms with van der Waals surface area (Å²) < 4.78 is 5.67. The van der Waals surface area contributed by atoms with Crippen LogP contribution >= 0.6 is 11.8 Å². The predicted molar refractivity (Wildman–Crippen MR) is 106 cm³/mol. The molecule has 2 nitrogen and oxygen atoms in total. The van der Waals surface area contributed by atoms with E-state index in [-0.39, 0.29) is 0 Å². The highest BCUT2D eigenvalue weighted by molar-refractivity contribution is 7.99. The van der Waals surface area contributed by atoms with E-state index in [2.05, 4.69) is 6.92 Å². The van der Waals surface area contributed by atoms with Crippen LogP contribution in [-0.4, -0.2) is 36.4 Å². The predicted octanol–water partition coefficient (Wildman–Crippen LogP) is 6.21. The van der Waals surface area contributed by atoms with Gasteiger partial charge in [-0.25, -0.2) is 0 Å². The third-order valence-electron chi connectivity index (χ3n) is 4.17. The Bertz CT molecular complexity index is 180. The molecule has 0 unspecified atom stereocenters. The molecule has 3 heteroatoms. The molecule has 0 aromatic rings. The maximum Gasteiger partial charge on any atom is 0.0473 e. The number of thioether (sulfide) groups is 1. The molecule has 23 heavy (non-hydrogen) atoms. The van der Waals surface area contributed by atoms with Crippen LogP contribution in [0, 0.1) is 0 Å². The van der Waals surface area contributed by atoms with E-state index in [1.54, 1.807) is 0 Å². The molecule has 0 fully saturated rings. The molecule has 0 rings (SSSR count). The van der Waals surface area contributed by atoms with Gasteiger partial charge in [0, 0.05) is 19.8 Å². The molecule has 1 N–H and O–H groups in total. The van der Waals surface area contributed by atoms with Crippen molar-refractivity contribution in [2.24, 2.45) is 0 Å². The van der Waals surface area contributed by atoms with Gasteiger partial charge in [0.25, 0.3) is 0 Å². The number of hydrogen-bond acceptors (Lipinski definition) is 3. The van der Waals surface area contributed by atoms with E-state index in [0.717, 1.165) is 31.8 Å². The molecule has 0 aliphatic heterocycles. The zero-order valence-electron chi connectivity index (χ0n) is 15.7. The second-order valence-electron chi connectivity index (χ2n) is 6.54. The molecule has 0 radical (unpaired) electrons. The summed E-state index contributed by atoms with van der Waals surface area (Å²) in [5.41, 5.74) is 0. The minimum atomic E-state index is 0.322. The van der Waals surface area contributed by atoms with E-state index in [9.17, 15) is 0 Å². The van der Waals surface area contributed by atoms with Crippen LogP contribution in [-0.2, 0) is 4.74 Å². The van der Waals surface area contributed by atoms with E-state index >= 15 is 0 Å². The second kappa shape index (κ2) is 22.3. The Hall–Kier alpha value is 0.270. The van der Waals surface area contributed by atoms with Gasteiger partial charge in [-0.05, 0) is 30.8 Å². The summed E-state index contributed by atoms with van der Waals surface area (Å²) in [5, 5.41) is 8.67. The minimum absolute atomic E-state index is 0.322. The third kappa shape index (κ3) is 22.3. The number of rotatable bonds is 20. The van der Waals surface area contributed by atoms with Crippen molar-refractivity contribution in [2.75, 3.05) is 31.3 Å². The Morgan fingerprint density at radius 1 is 0.609 bits per heavy atom. The molecule has 0 bridgehead atoms. The number of hydrogen-bond donors (Lipinski definition) is 1. The minimum Gasteiger partial charge on any atom is -0.396 e. The first-order valence-corrected chi connectivity index (χ1v) is 11.3. The largest absolute Gasteiger partial charge is 0.396 e. The molecule has 0 atom stereocenters. The zero-order valence-corrected chi connectivity index (χ0v) is 16.5. The third-order valence-corrected chi connectivity index (χ3v) is 5.32. The average molecular weight is 347 g/mol. The average Bonchev–Trinajstić information content (AvgIpc) is 2.57. The maximum absolute atomic E-state index is 8.67. The van der Waals surface area contributed by atoms with Gasteiger partial charge < -0.3 is 9.84 Å². The van der Waals surface area contributed by atoms with E-state index < -0.39 is 0 Å². The normalized spacial score (nSPS) is 11.2. The molecule has 0 spiro atoms. The molecule has 0 amide bonds.